The van der Waals surface area contributed by atoms with Gasteiger partial charge in [-0.1, -0.05) is 12.1 Å². The smallest absolute Gasteiger partial charge is 0.328 e. The second kappa shape index (κ2) is 8.48. The molecule has 4 nitrogen and oxygen atoms in total. The van der Waals surface area contributed by atoms with E-state index in [0.29, 0.717) is 30.3 Å². The van der Waals surface area contributed by atoms with E-state index in [1.807, 2.05) is 25.3 Å². The monoisotopic (exact) mass is 282 g/mol. The summed E-state index contributed by atoms with van der Waals surface area (Å²) < 4.78 is 11.2. The van der Waals surface area contributed by atoms with Gasteiger partial charge in [-0.2, -0.15) is 11.8 Å². The van der Waals surface area contributed by atoms with Crippen LogP contribution in [0.1, 0.15) is 12.5 Å². The van der Waals surface area contributed by atoms with Gasteiger partial charge in [0.2, 0.25) is 0 Å². The number of carbonyl (C=O) groups is 1. The van der Waals surface area contributed by atoms with E-state index in [4.69, 9.17) is 14.6 Å². The minimum Gasteiger partial charge on any atom is -0.490 e. The molecule has 0 fully saturated rings. The van der Waals surface area contributed by atoms with Gasteiger partial charge in [0.1, 0.15) is 0 Å². The lowest BCUT2D eigenvalue weighted by atomic mass is 10.1. The zero-order chi connectivity index (χ0) is 14.1. The molecule has 19 heavy (non-hydrogen) atoms. The van der Waals surface area contributed by atoms with Gasteiger partial charge in [0.25, 0.3) is 0 Å². The Morgan fingerprint density at radius 3 is 2.84 bits per heavy atom. The van der Waals surface area contributed by atoms with E-state index in [2.05, 4.69) is 0 Å². The Labute approximate surface area is 117 Å². The van der Waals surface area contributed by atoms with Gasteiger partial charge in [0.15, 0.2) is 11.5 Å². The number of benzene rings is 1. The average molecular weight is 282 g/mol. The van der Waals surface area contributed by atoms with Crippen molar-refractivity contribution < 1.29 is 19.4 Å². The van der Waals surface area contributed by atoms with Crippen LogP contribution < -0.4 is 9.47 Å². The Kier molecular flexibility index (Phi) is 6.89. The number of thioether (sulfide) groups is 1. The molecule has 1 rings (SSSR count). The molecule has 0 saturated heterocycles. The lowest BCUT2D eigenvalue weighted by Gasteiger charge is -2.14. The minimum atomic E-state index is -0.989. The molecule has 1 aromatic rings. The molecular formula is C14H18O4S. The molecule has 0 bridgehead atoms. The van der Waals surface area contributed by atoms with Crippen LogP contribution >= 0.6 is 11.8 Å². The first kappa shape index (κ1) is 15.4. The fraction of sp³-hybridized carbons (Fsp3) is 0.357. The Morgan fingerprint density at radius 2 is 2.21 bits per heavy atom. The van der Waals surface area contributed by atoms with Gasteiger partial charge in [0, 0.05) is 17.4 Å². The number of carboxylic acids is 1. The van der Waals surface area contributed by atoms with E-state index >= 15 is 0 Å². The summed E-state index contributed by atoms with van der Waals surface area (Å²) in [5, 5.41) is 8.69. The topological polar surface area (TPSA) is 55.8 Å². The van der Waals surface area contributed by atoms with Crippen molar-refractivity contribution in [2.24, 2.45) is 0 Å². The van der Waals surface area contributed by atoms with Crippen molar-refractivity contribution in [3.05, 3.63) is 29.8 Å². The summed E-state index contributed by atoms with van der Waals surface area (Å²) >= 11 is 1.69. The second-order valence-electron chi connectivity index (χ2n) is 3.62. The van der Waals surface area contributed by atoms with Gasteiger partial charge in [0.05, 0.1) is 13.2 Å². The van der Waals surface area contributed by atoms with Crippen LogP contribution in [0.2, 0.25) is 0 Å². The highest BCUT2D eigenvalue weighted by molar-refractivity contribution is 7.98. The molecule has 0 radical (unpaired) electrons. The third kappa shape index (κ3) is 5.26. The molecule has 1 aromatic carbocycles. The zero-order valence-electron chi connectivity index (χ0n) is 11.1. The van der Waals surface area contributed by atoms with Crippen LogP contribution in [0.3, 0.4) is 0 Å². The van der Waals surface area contributed by atoms with Gasteiger partial charge in [-0.15, -0.1) is 0 Å². The fourth-order valence-electron chi connectivity index (χ4n) is 1.48. The summed E-state index contributed by atoms with van der Waals surface area (Å²) in [5.74, 6) is 1.10. The molecule has 0 aliphatic heterocycles. The average Bonchev–Trinajstić information content (AvgIpc) is 2.39. The maximum Gasteiger partial charge on any atom is 0.328 e. The van der Waals surface area contributed by atoms with E-state index in [1.54, 1.807) is 17.8 Å². The van der Waals surface area contributed by atoms with Crippen molar-refractivity contribution in [2.75, 3.05) is 25.2 Å². The first-order valence-corrected chi connectivity index (χ1v) is 7.37. The second-order valence-corrected chi connectivity index (χ2v) is 4.61. The highest BCUT2D eigenvalue weighted by atomic mass is 32.2. The molecule has 0 unspecified atom stereocenters. The Balaban J connectivity index is 2.99. The van der Waals surface area contributed by atoms with Crippen molar-refractivity contribution in [1.29, 1.82) is 0 Å². The Hall–Kier alpha value is -1.62. The van der Waals surface area contributed by atoms with E-state index in [1.165, 1.54) is 6.08 Å². The van der Waals surface area contributed by atoms with Crippen molar-refractivity contribution in [3.8, 4) is 11.5 Å². The van der Waals surface area contributed by atoms with Crippen molar-refractivity contribution in [1.82, 2.24) is 0 Å². The quantitative estimate of drug-likeness (QED) is 0.587. The van der Waals surface area contributed by atoms with Crippen LogP contribution in [0.5, 0.6) is 11.5 Å². The van der Waals surface area contributed by atoms with Gasteiger partial charge < -0.3 is 14.6 Å². The molecular weight excluding hydrogens is 264 g/mol. The molecule has 0 amide bonds. The number of hydrogen-bond acceptors (Lipinski definition) is 4. The molecule has 0 atom stereocenters. The number of rotatable bonds is 8. The van der Waals surface area contributed by atoms with Crippen LogP contribution in [0.25, 0.3) is 6.08 Å². The largest absolute Gasteiger partial charge is 0.490 e. The van der Waals surface area contributed by atoms with Gasteiger partial charge in [-0.05, 0) is 25.3 Å². The molecule has 0 aliphatic carbocycles. The van der Waals surface area contributed by atoms with Crippen molar-refractivity contribution >= 4 is 23.8 Å². The lowest BCUT2D eigenvalue weighted by molar-refractivity contribution is -0.131. The van der Waals surface area contributed by atoms with Gasteiger partial charge in [-0.3, -0.25) is 0 Å². The van der Waals surface area contributed by atoms with E-state index in [0.717, 1.165) is 11.8 Å². The maximum absolute atomic E-state index is 10.6. The number of carboxylic acid groups (broad SMARTS) is 1. The van der Waals surface area contributed by atoms with Crippen LogP contribution in [-0.2, 0) is 4.79 Å². The van der Waals surface area contributed by atoms with Crippen LogP contribution in [0.4, 0.5) is 0 Å². The SMILES string of the molecule is CCOc1cccc(/C=C/C(=O)O)c1OCCSC. The van der Waals surface area contributed by atoms with Crippen molar-refractivity contribution in [2.45, 2.75) is 6.92 Å². The van der Waals surface area contributed by atoms with Crippen LogP contribution in [-0.4, -0.2) is 36.3 Å². The normalized spacial score (nSPS) is 10.6. The number of aliphatic carboxylic acids is 1. The summed E-state index contributed by atoms with van der Waals surface area (Å²) in [6, 6.07) is 5.43. The predicted molar refractivity (Wildman–Crippen MR) is 78.2 cm³/mol. The van der Waals surface area contributed by atoms with Crippen molar-refractivity contribution in [3.63, 3.8) is 0 Å². The first-order chi connectivity index (χ1) is 9.19. The summed E-state index contributed by atoms with van der Waals surface area (Å²) in [4.78, 5) is 10.6. The number of para-hydroxylation sites is 1. The molecule has 1 N–H and O–H groups in total. The summed E-state index contributed by atoms with van der Waals surface area (Å²) in [6.07, 6.45) is 4.61. The number of hydrogen-bond donors (Lipinski definition) is 1. The molecule has 0 spiro atoms. The van der Waals surface area contributed by atoms with Crippen LogP contribution in [0.15, 0.2) is 24.3 Å². The van der Waals surface area contributed by atoms with E-state index < -0.39 is 5.97 Å². The fourth-order valence-corrected chi connectivity index (χ4v) is 1.73. The third-order valence-electron chi connectivity index (χ3n) is 2.25. The maximum atomic E-state index is 10.6. The molecule has 5 heteroatoms. The standard InChI is InChI=1S/C14H18O4S/c1-3-17-12-6-4-5-11(7-8-13(15)16)14(12)18-9-10-19-2/h4-8H,3,9-10H2,1-2H3,(H,15,16)/b8-7+. The summed E-state index contributed by atoms with van der Waals surface area (Å²) in [6.45, 7) is 2.98. The zero-order valence-corrected chi connectivity index (χ0v) is 11.9. The third-order valence-corrected chi connectivity index (χ3v) is 2.82. The number of ether oxygens (including phenoxy) is 2. The van der Waals surface area contributed by atoms with Gasteiger partial charge >= 0.3 is 5.97 Å². The lowest BCUT2D eigenvalue weighted by Crippen LogP contribution is -2.04. The summed E-state index contributed by atoms with van der Waals surface area (Å²) in [5.41, 5.74) is 0.703. The predicted octanol–water partition coefficient (Wildman–Crippen LogP) is 2.92. The molecule has 104 valence electrons. The van der Waals surface area contributed by atoms with E-state index in [-0.39, 0.29) is 0 Å². The molecule has 0 aliphatic rings. The highest BCUT2D eigenvalue weighted by Crippen LogP contribution is 2.32. The highest BCUT2D eigenvalue weighted by Gasteiger charge is 2.09. The van der Waals surface area contributed by atoms with Gasteiger partial charge in [-0.25, -0.2) is 4.79 Å². The molecule has 0 aromatic heterocycles. The Morgan fingerprint density at radius 1 is 1.42 bits per heavy atom. The molecule has 0 heterocycles. The van der Waals surface area contributed by atoms with Crippen LogP contribution in [0, 0.1) is 0 Å². The Bertz CT molecular complexity index is 443. The van der Waals surface area contributed by atoms with E-state index in [9.17, 15) is 4.79 Å². The minimum absolute atomic E-state index is 0.533. The summed E-state index contributed by atoms with van der Waals surface area (Å²) in [7, 11) is 0. The molecule has 0 saturated carbocycles. The first-order valence-electron chi connectivity index (χ1n) is 5.97.